The number of anilines is 2. The minimum Gasteiger partial charge on any atom is -0.377 e. The number of H-pyrrole nitrogens is 1. The normalized spacial score (nSPS) is 10.7. The van der Waals surface area contributed by atoms with Crippen molar-refractivity contribution in [3.8, 4) is 0 Å². The van der Waals surface area contributed by atoms with Crippen molar-refractivity contribution in [2.45, 2.75) is 13.5 Å². The van der Waals surface area contributed by atoms with E-state index < -0.39 is 17.6 Å². The van der Waals surface area contributed by atoms with Gasteiger partial charge in [-0.25, -0.2) is 9.37 Å². The lowest BCUT2D eigenvalue weighted by Crippen LogP contribution is -2.16. The number of halogens is 4. The number of carbonyl (C=O) groups excluding carboxylic acids is 2. The first-order valence-electron chi connectivity index (χ1n) is 10.1. The molecular formula is C24H20Cl3FN4O3. The summed E-state index contributed by atoms with van der Waals surface area (Å²) >= 11 is 12.1. The van der Waals surface area contributed by atoms with Gasteiger partial charge in [-0.05, 0) is 48.9 Å². The number of aromatic nitrogens is 2. The van der Waals surface area contributed by atoms with Crippen molar-refractivity contribution >= 4 is 69.8 Å². The summed E-state index contributed by atoms with van der Waals surface area (Å²) in [5.74, 6) is -1.29. The van der Waals surface area contributed by atoms with Gasteiger partial charge in [-0.2, -0.15) is 0 Å². The highest BCUT2D eigenvalue weighted by molar-refractivity contribution is 6.34. The van der Waals surface area contributed by atoms with Crippen molar-refractivity contribution in [2.24, 2.45) is 0 Å². The van der Waals surface area contributed by atoms with Gasteiger partial charge in [0.05, 0.1) is 21.7 Å². The van der Waals surface area contributed by atoms with Crippen LogP contribution in [0.3, 0.4) is 0 Å². The van der Waals surface area contributed by atoms with Gasteiger partial charge in [0, 0.05) is 23.5 Å². The number of aromatic amines is 1. The molecule has 7 nitrogen and oxygen atoms in total. The molecule has 0 saturated heterocycles. The fraction of sp³-hybridized carbons (Fsp3) is 0.125. The van der Waals surface area contributed by atoms with E-state index in [4.69, 9.17) is 27.9 Å². The molecule has 0 aliphatic carbocycles. The molecule has 11 heteroatoms. The highest BCUT2D eigenvalue weighted by Gasteiger charge is 2.19. The van der Waals surface area contributed by atoms with Crippen LogP contribution in [0.2, 0.25) is 10.0 Å². The number of nitrogens with one attached hydrogen (secondary N) is 3. The Morgan fingerprint density at radius 1 is 1.06 bits per heavy atom. The fourth-order valence-electron chi connectivity index (χ4n) is 3.43. The lowest BCUT2D eigenvalue weighted by molar-refractivity contribution is 0.101. The molecule has 4 rings (SSSR count). The third-order valence-corrected chi connectivity index (χ3v) is 5.92. The number of fused-ring (bicyclic) bond motifs is 1. The van der Waals surface area contributed by atoms with Crippen molar-refractivity contribution in [3.63, 3.8) is 0 Å². The van der Waals surface area contributed by atoms with E-state index in [9.17, 15) is 14.0 Å². The van der Waals surface area contributed by atoms with Crippen LogP contribution in [0, 0.1) is 12.7 Å². The van der Waals surface area contributed by atoms with E-state index in [1.54, 1.807) is 31.2 Å². The van der Waals surface area contributed by atoms with E-state index in [0.29, 0.717) is 38.8 Å². The van der Waals surface area contributed by atoms with Gasteiger partial charge in [0.2, 0.25) is 0 Å². The molecule has 4 aromatic rings. The molecule has 0 fully saturated rings. The number of hydrogen-bond donors (Lipinski definition) is 3. The van der Waals surface area contributed by atoms with Crippen LogP contribution >= 0.6 is 35.6 Å². The maximum absolute atomic E-state index is 13.8. The van der Waals surface area contributed by atoms with Gasteiger partial charge in [-0.1, -0.05) is 35.3 Å². The summed E-state index contributed by atoms with van der Waals surface area (Å²) < 4.78 is 18.9. The number of methoxy groups -OCH3 is 1. The molecule has 0 bridgehead atoms. The Labute approximate surface area is 216 Å². The zero-order valence-electron chi connectivity index (χ0n) is 18.5. The Kier molecular flexibility index (Phi) is 8.34. The van der Waals surface area contributed by atoms with Gasteiger partial charge < -0.3 is 20.4 Å². The summed E-state index contributed by atoms with van der Waals surface area (Å²) in [7, 11) is 1.52. The SMILES string of the molecule is COCc1nc2c(C(=O)Nc3cccc(Cl)c3C)cc(NC(=O)c3cccc(F)c3Cl)cc2[nH]1.Cl. The molecule has 35 heavy (non-hydrogen) atoms. The first-order valence-corrected chi connectivity index (χ1v) is 10.9. The van der Waals surface area contributed by atoms with Crippen molar-refractivity contribution in [3.05, 3.63) is 86.9 Å². The van der Waals surface area contributed by atoms with Crippen LogP contribution in [0.4, 0.5) is 15.8 Å². The molecule has 0 saturated carbocycles. The first kappa shape index (κ1) is 26.4. The van der Waals surface area contributed by atoms with Crippen LogP contribution in [0.25, 0.3) is 11.0 Å². The monoisotopic (exact) mass is 536 g/mol. The lowest BCUT2D eigenvalue weighted by Gasteiger charge is -2.12. The van der Waals surface area contributed by atoms with Crippen LogP contribution in [0.5, 0.6) is 0 Å². The molecule has 3 aromatic carbocycles. The summed E-state index contributed by atoms with van der Waals surface area (Å²) in [5, 5.41) is 5.73. The van der Waals surface area contributed by atoms with Gasteiger partial charge in [-0.15, -0.1) is 12.4 Å². The number of nitrogens with zero attached hydrogens (tertiary/aromatic N) is 1. The average molecular weight is 538 g/mol. The molecule has 0 radical (unpaired) electrons. The molecule has 1 aromatic heterocycles. The largest absolute Gasteiger partial charge is 0.377 e. The van der Waals surface area contributed by atoms with Crippen molar-refractivity contribution in [1.29, 1.82) is 0 Å². The number of imidazole rings is 1. The van der Waals surface area contributed by atoms with Crippen molar-refractivity contribution < 1.29 is 18.7 Å². The quantitative estimate of drug-likeness (QED) is 0.265. The van der Waals surface area contributed by atoms with Crippen LogP contribution in [-0.2, 0) is 11.3 Å². The smallest absolute Gasteiger partial charge is 0.258 e. The van der Waals surface area contributed by atoms with Gasteiger partial charge in [0.1, 0.15) is 23.8 Å². The van der Waals surface area contributed by atoms with E-state index in [1.807, 2.05) is 0 Å². The topological polar surface area (TPSA) is 96.1 Å². The third-order valence-electron chi connectivity index (χ3n) is 5.13. The molecule has 0 aliphatic heterocycles. The summed E-state index contributed by atoms with van der Waals surface area (Å²) in [6, 6.07) is 12.2. The molecule has 182 valence electrons. The van der Waals surface area contributed by atoms with E-state index in [1.165, 1.54) is 25.3 Å². The lowest BCUT2D eigenvalue weighted by atomic mass is 10.1. The highest BCUT2D eigenvalue weighted by Crippen LogP contribution is 2.28. The van der Waals surface area contributed by atoms with E-state index in [0.717, 1.165) is 6.07 Å². The number of carbonyl (C=O) groups is 2. The van der Waals surface area contributed by atoms with Crippen molar-refractivity contribution in [2.75, 3.05) is 17.7 Å². The predicted molar refractivity (Wildman–Crippen MR) is 138 cm³/mol. The predicted octanol–water partition coefficient (Wildman–Crippen LogP) is 6.39. The fourth-order valence-corrected chi connectivity index (χ4v) is 3.82. The van der Waals surface area contributed by atoms with Gasteiger partial charge in [0.15, 0.2) is 0 Å². The van der Waals surface area contributed by atoms with E-state index in [2.05, 4.69) is 20.6 Å². The standard InChI is InChI=1S/C24H19Cl2FN4O3.ClH/c1-12-16(25)6-4-8-18(12)30-24(33)15-9-13(10-19-22(15)31-20(29-19)11-34-2)28-23(32)14-5-3-7-17(27)21(14)26;/h3-10H,11H2,1-2H3,(H,28,32)(H,29,31)(H,30,33);1H. The Morgan fingerprint density at radius 2 is 1.77 bits per heavy atom. The van der Waals surface area contributed by atoms with E-state index in [-0.39, 0.29) is 35.2 Å². The Balaban J connectivity index is 0.00000342. The minimum atomic E-state index is -0.709. The number of amides is 2. The summed E-state index contributed by atoms with van der Waals surface area (Å²) in [6.07, 6.45) is 0. The van der Waals surface area contributed by atoms with Gasteiger partial charge in [-0.3, -0.25) is 9.59 Å². The van der Waals surface area contributed by atoms with Crippen LogP contribution < -0.4 is 10.6 Å². The van der Waals surface area contributed by atoms with Crippen LogP contribution in [-0.4, -0.2) is 28.9 Å². The second-order valence-corrected chi connectivity index (χ2v) is 8.24. The number of ether oxygens (including phenoxy) is 1. The maximum Gasteiger partial charge on any atom is 0.258 e. The molecule has 0 aliphatic rings. The Morgan fingerprint density at radius 3 is 2.51 bits per heavy atom. The second-order valence-electron chi connectivity index (χ2n) is 7.46. The molecule has 2 amide bonds. The molecule has 0 atom stereocenters. The number of hydrogen-bond acceptors (Lipinski definition) is 4. The summed E-state index contributed by atoms with van der Waals surface area (Å²) in [6.45, 7) is 1.99. The number of rotatable bonds is 6. The summed E-state index contributed by atoms with van der Waals surface area (Å²) in [4.78, 5) is 33.5. The summed E-state index contributed by atoms with van der Waals surface area (Å²) in [5.41, 5.74) is 2.61. The van der Waals surface area contributed by atoms with Crippen LogP contribution in [0.1, 0.15) is 32.1 Å². The Hall–Kier alpha value is -3.17. The second kappa shape index (κ2) is 11.0. The van der Waals surface area contributed by atoms with Gasteiger partial charge in [0.25, 0.3) is 11.8 Å². The molecule has 3 N–H and O–H groups in total. The first-order chi connectivity index (χ1) is 16.3. The molecule has 0 spiro atoms. The maximum atomic E-state index is 13.8. The zero-order valence-corrected chi connectivity index (χ0v) is 20.9. The minimum absolute atomic E-state index is 0. The zero-order chi connectivity index (χ0) is 24.4. The average Bonchev–Trinajstić information content (AvgIpc) is 3.20. The molecular weight excluding hydrogens is 518 g/mol. The molecule has 1 heterocycles. The molecule has 0 unspecified atom stereocenters. The van der Waals surface area contributed by atoms with E-state index >= 15 is 0 Å². The van der Waals surface area contributed by atoms with Crippen LogP contribution in [0.15, 0.2) is 48.5 Å². The highest BCUT2D eigenvalue weighted by atomic mass is 35.5. The third kappa shape index (κ3) is 5.57. The van der Waals surface area contributed by atoms with Crippen molar-refractivity contribution in [1.82, 2.24) is 9.97 Å². The Bertz CT molecular complexity index is 1420. The number of benzene rings is 3. The van der Waals surface area contributed by atoms with Gasteiger partial charge >= 0.3 is 0 Å².